The highest BCUT2D eigenvalue weighted by Crippen LogP contribution is 2.21. The van der Waals surface area contributed by atoms with E-state index in [9.17, 15) is 0 Å². The molecule has 4 heteroatoms. The van der Waals surface area contributed by atoms with Crippen LogP contribution in [0.1, 0.15) is 40.0 Å². The summed E-state index contributed by atoms with van der Waals surface area (Å²) >= 11 is 5.03. The maximum Gasteiger partial charge on any atom is 0.0743 e. The standard InChI is InChI=1S/C12H24N2OS/c1-4-10(6-12(13)16)14-7-9(3)15-8-11(14)5-2/h9-11H,4-8H2,1-3H3,(H2,13,16). The highest BCUT2D eigenvalue weighted by Gasteiger charge is 2.30. The van der Waals surface area contributed by atoms with Crippen molar-refractivity contribution in [3.05, 3.63) is 0 Å². The molecule has 0 aromatic carbocycles. The molecule has 1 rings (SSSR count). The van der Waals surface area contributed by atoms with Crippen LogP contribution in [-0.4, -0.2) is 41.2 Å². The first kappa shape index (κ1) is 13.9. The van der Waals surface area contributed by atoms with Gasteiger partial charge in [0.05, 0.1) is 17.7 Å². The van der Waals surface area contributed by atoms with Gasteiger partial charge < -0.3 is 10.5 Å². The smallest absolute Gasteiger partial charge is 0.0743 e. The van der Waals surface area contributed by atoms with Crippen molar-refractivity contribution in [3.8, 4) is 0 Å². The Hall–Kier alpha value is -0.190. The second-order valence-electron chi connectivity index (χ2n) is 4.64. The van der Waals surface area contributed by atoms with Gasteiger partial charge in [-0.05, 0) is 19.8 Å². The zero-order valence-electron chi connectivity index (χ0n) is 10.6. The van der Waals surface area contributed by atoms with Gasteiger partial charge >= 0.3 is 0 Å². The van der Waals surface area contributed by atoms with Crippen molar-refractivity contribution in [1.29, 1.82) is 0 Å². The third-order valence-electron chi connectivity index (χ3n) is 3.36. The maximum absolute atomic E-state index is 5.71. The molecule has 1 heterocycles. The van der Waals surface area contributed by atoms with E-state index in [0.717, 1.165) is 32.4 Å². The molecule has 0 aliphatic carbocycles. The van der Waals surface area contributed by atoms with E-state index < -0.39 is 0 Å². The fourth-order valence-electron chi connectivity index (χ4n) is 2.40. The lowest BCUT2D eigenvalue weighted by atomic mass is 10.0. The van der Waals surface area contributed by atoms with Crippen LogP contribution in [0.25, 0.3) is 0 Å². The molecule has 1 saturated heterocycles. The first-order valence-corrected chi connectivity index (χ1v) is 6.64. The summed E-state index contributed by atoms with van der Waals surface area (Å²) in [6, 6.07) is 1.00. The van der Waals surface area contributed by atoms with Crippen molar-refractivity contribution >= 4 is 17.2 Å². The van der Waals surface area contributed by atoms with Crippen LogP contribution in [0, 0.1) is 0 Å². The number of thiocarbonyl (C=S) groups is 1. The van der Waals surface area contributed by atoms with E-state index in [0.29, 0.717) is 23.2 Å². The van der Waals surface area contributed by atoms with Crippen LogP contribution in [0.3, 0.4) is 0 Å². The SMILES string of the molecule is CCC1COC(C)CN1C(CC)CC(N)=S. The quantitative estimate of drug-likeness (QED) is 0.750. The molecule has 3 nitrogen and oxygen atoms in total. The fraction of sp³-hybridized carbons (Fsp3) is 0.917. The Morgan fingerprint density at radius 1 is 1.56 bits per heavy atom. The summed E-state index contributed by atoms with van der Waals surface area (Å²) in [6.45, 7) is 8.39. The second kappa shape index (κ2) is 6.52. The topological polar surface area (TPSA) is 38.5 Å². The summed E-state index contributed by atoms with van der Waals surface area (Å²) in [4.78, 5) is 3.16. The molecule has 0 amide bonds. The van der Waals surface area contributed by atoms with E-state index in [4.69, 9.17) is 22.7 Å². The molecule has 1 aliphatic heterocycles. The van der Waals surface area contributed by atoms with Gasteiger partial charge in [-0.3, -0.25) is 4.90 Å². The predicted octanol–water partition coefficient (Wildman–Crippen LogP) is 1.94. The minimum absolute atomic E-state index is 0.322. The number of nitrogens with two attached hydrogens (primary N) is 1. The third-order valence-corrected chi connectivity index (χ3v) is 3.53. The Labute approximate surface area is 104 Å². The predicted molar refractivity (Wildman–Crippen MR) is 71.7 cm³/mol. The summed E-state index contributed by atoms with van der Waals surface area (Å²) in [6.07, 6.45) is 3.37. The minimum atomic E-state index is 0.322. The highest BCUT2D eigenvalue weighted by molar-refractivity contribution is 7.80. The van der Waals surface area contributed by atoms with Crippen LogP contribution in [0.5, 0.6) is 0 Å². The van der Waals surface area contributed by atoms with Crippen molar-refractivity contribution in [2.24, 2.45) is 5.73 Å². The molecule has 1 fully saturated rings. The van der Waals surface area contributed by atoms with Crippen LogP contribution in [0.4, 0.5) is 0 Å². The van der Waals surface area contributed by atoms with Crippen LogP contribution in [0.15, 0.2) is 0 Å². The molecule has 1 aliphatic rings. The van der Waals surface area contributed by atoms with Crippen molar-refractivity contribution in [2.45, 2.75) is 58.2 Å². The third kappa shape index (κ3) is 3.68. The number of morpholine rings is 1. The molecule has 0 radical (unpaired) electrons. The molecule has 0 aromatic heterocycles. The summed E-state index contributed by atoms with van der Waals surface area (Å²) in [7, 11) is 0. The zero-order chi connectivity index (χ0) is 12.1. The van der Waals surface area contributed by atoms with Crippen LogP contribution < -0.4 is 5.73 Å². The van der Waals surface area contributed by atoms with Gasteiger partial charge in [-0.15, -0.1) is 0 Å². The Kier molecular flexibility index (Phi) is 5.66. The molecular weight excluding hydrogens is 220 g/mol. The summed E-state index contributed by atoms with van der Waals surface area (Å²) < 4.78 is 5.71. The zero-order valence-corrected chi connectivity index (χ0v) is 11.4. The number of hydrogen-bond acceptors (Lipinski definition) is 3. The average Bonchev–Trinajstić information content (AvgIpc) is 2.25. The second-order valence-corrected chi connectivity index (χ2v) is 5.16. The molecule has 0 spiro atoms. The number of ether oxygens (including phenoxy) is 1. The molecule has 0 aromatic rings. The van der Waals surface area contributed by atoms with Gasteiger partial charge in [-0.25, -0.2) is 0 Å². The van der Waals surface area contributed by atoms with Crippen LogP contribution >= 0.6 is 12.2 Å². The molecule has 0 saturated carbocycles. The number of rotatable bonds is 5. The Morgan fingerprint density at radius 2 is 2.25 bits per heavy atom. The molecule has 3 atom stereocenters. The Balaban J connectivity index is 2.66. The van der Waals surface area contributed by atoms with Gasteiger partial charge in [0.25, 0.3) is 0 Å². The fourth-order valence-corrected chi connectivity index (χ4v) is 2.59. The molecule has 16 heavy (non-hydrogen) atoms. The normalized spacial score (nSPS) is 28.9. The van der Waals surface area contributed by atoms with Gasteiger partial charge in [0.1, 0.15) is 0 Å². The lowest BCUT2D eigenvalue weighted by Gasteiger charge is -2.43. The van der Waals surface area contributed by atoms with Gasteiger partial charge in [0, 0.05) is 25.0 Å². The van der Waals surface area contributed by atoms with Gasteiger partial charge in [0.2, 0.25) is 0 Å². The lowest BCUT2D eigenvalue weighted by molar-refractivity contribution is -0.0719. The van der Waals surface area contributed by atoms with Crippen molar-refractivity contribution in [1.82, 2.24) is 4.90 Å². The maximum atomic E-state index is 5.71. The molecule has 3 unspecified atom stereocenters. The van der Waals surface area contributed by atoms with E-state index in [-0.39, 0.29) is 0 Å². The van der Waals surface area contributed by atoms with Crippen molar-refractivity contribution in [3.63, 3.8) is 0 Å². The summed E-state index contributed by atoms with van der Waals surface area (Å²) in [5, 5.41) is 0. The van der Waals surface area contributed by atoms with Gasteiger partial charge in [-0.2, -0.15) is 0 Å². The molecule has 2 N–H and O–H groups in total. The largest absolute Gasteiger partial charge is 0.393 e. The Bertz CT molecular complexity index is 235. The van der Waals surface area contributed by atoms with E-state index in [2.05, 4.69) is 25.7 Å². The summed E-state index contributed by atoms with van der Waals surface area (Å²) in [5.41, 5.74) is 5.67. The molecule has 94 valence electrons. The van der Waals surface area contributed by atoms with Crippen LogP contribution in [0.2, 0.25) is 0 Å². The molecule has 0 bridgehead atoms. The highest BCUT2D eigenvalue weighted by atomic mass is 32.1. The monoisotopic (exact) mass is 244 g/mol. The first-order valence-electron chi connectivity index (χ1n) is 6.24. The Morgan fingerprint density at radius 3 is 2.75 bits per heavy atom. The van der Waals surface area contributed by atoms with E-state index in [1.165, 1.54) is 0 Å². The number of nitrogens with zero attached hydrogens (tertiary/aromatic N) is 1. The van der Waals surface area contributed by atoms with Gasteiger partial charge in [-0.1, -0.05) is 26.1 Å². The van der Waals surface area contributed by atoms with E-state index >= 15 is 0 Å². The van der Waals surface area contributed by atoms with E-state index in [1.54, 1.807) is 0 Å². The number of hydrogen-bond donors (Lipinski definition) is 1. The summed E-state index contributed by atoms with van der Waals surface area (Å²) in [5.74, 6) is 0. The minimum Gasteiger partial charge on any atom is -0.393 e. The van der Waals surface area contributed by atoms with E-state index in [1.807, 2.05) is 0 Å². The van der Waals surface area contributed by atoms with Crippen molar-refractivity contribution in [2.75, 3.05) is 13.2 Å². The lowest BCUT2D eigenvalue weighted by Crippen LogP contribution is -2.53. The first-order chi connectivity index (χ1) is 7.58. The van der Waals surface area contributed by atoms with Gasteiger partial charge in [0.15, 0.2) is 0 Å². The van der Waals surface area contributed by atoms with Crippen molar-refractivity contribution < 1.29 is 4.74 Å². The molecular formula is C12H24N2OS. The van der Waals surface area contributed by atoms with Crippen LogP contribution in [-0.2, 0) is 4.74 Å². The average molecular weight is 244 g/mol.